The maximum absolute atomic E-state index is 5.35. The summed E-state index contributed by atoms with van der Waals surface area (Å²) in [7, 11) is 0. The minimum atomic E-state index is 0.506. The molecule has 1 aliphatic carbocycles. The summed E-state index contributed by atoms with van der Waals surface area (Å²) in [5.74, 6) is 1.99. The molecule has 1 fully saturated rings. The van der Waals surface area contributed by atoms with Crippen LogP contribution < -0.4 is 5.32 Å². The van der Waals surface area contributed by atoms with Crippen LogP contribution in [-0.2, 0) is 6.42 Å². The summed E-state index contributed by atoms with van der Waals surface area (Å²) in [6.07, 6.45) is 6.97. The van der Waals surface area contributed by atoms with Crippen LogP contribution in [0.4, 0.5) is 0 Å². The van der Waals surface area contributed by atoms with Gasteiger partial charge in [0.25, 0.3) is 0 Å². The van der Waals surface area contributed by atoms with Crippen molar-refractivity contribution in [2.75, 3.05) is 0 Å². The first-order chi connectivity index (χ1) is 7.25. The van der Waals surface area contributed by atoms with Crippen LogP contribution in [0.5, 0.6) is 0 Å². The second-order valence-electron chi connectivity index (χ2n) is 4.83. The zero-order chi connectivity index (χ0) is 10.7. The fourth-order valence-corrected chi connectivity index (χ4v) is 2.31. The van der Waals surface area contributed by atoms with Gasteiger partial charge in [0, 0.05) is 18.5 Å². The molecule has 1 aromatic heterocycles. The Morgan fingerprint density at radius 3 is 2.80 bits per heavy atom. The number of nitrogens with one attached hydrogen (secondary N) is 1. The quantitative estimate of drug-likeness (QED) is 0.803. The lowest BCUT2D eigenvalue weighted by molar-refractivity contribution is 0.227. The molecule has 1 heterocycles. The van der Waals surface area contributed by atoms with E-state index in [0.717, 1.165) is 18.1 Å². The Balaban J connectivity index is 1.74. The van der Waals surface area contributed by atoms with E-state index in [-0.39, 0.29) is 0 Å². The maximum atomic E-state index is 5.35. The molecule has 2 rings (SSSR count). The molecular formula is C13H21NO. The van der Waals surface area contributed by atoms with E-state index in [1.54, 1.807) is 6.26 Å². The summed E-state index contributed by atoms with van der Waals surface area (Å²) < 4.78 is 5.35. The average molecular weight is 207 g/mol. The molecule has 0 bridgehead atoms. The minimum Gasteiger partial charge on any atom is -0.469 e. The Morgan fingerprint density at radius 1 is 1.47 bits per heavy atom. The molecule has 1 N–H and O–H groups in total. The van der Waals surface area contributed by atoms with E-state index in [9.17, 15) is 0 Å². The highest BCUT2D eigenvalue weighted by Crippen LogP contribution is 2.29. The van der Waals surface area contributed by atoms with Gasteiger partial charge in [0.05, 0.1) is 6.26 Å². The largest absolute Gasteiger partial charge is 0.469 e. The maximum Gasteiger partial charge on any atom is 0.105 e. The van der Waals surface area contributed by atoms with Crippen molar-refractivity contribution < 1.29 is 4.42 Å². The van der Waals surface area contributed by atoms with Gasteiger partial charge in [-0.05, 0) is 44.7 Å². The highest BCUT2D eigenvalue weighted by molar-refractivity contribution is 5.00. The lowest BCUT2D eigenvalue weighted by Crippen LogP contribution is -2.42. The molecule has 2 nitrogen and oxygen atoms in total. The van der Waals surface area contributed by atoms with Gasteiger partial charge in [-0.1, -0.05) is 6.42 Å². The van der Waals surface area contributed by atoms with E-state index in [1.807, 2.05) is 12.1 Å². The second-order valence-corrected chi connectivity index (χ2v) is 4.83. The molecule has 2 atom stereocenters. The van der Waals surface area contributed by atoms with Gasteiger partial charge in [-0.2, -0.15) is 0 Å². The van der Waals surface area contributed by atoms with Crippen molar-refractivity contribution >= 4 is 0 Å². The van der Waals surface area contributed by atoms with Gasteiger partial charge in [-0.3, -0.25) is 0 Å². The number of furan rings is 1. The Bertz CT molecular complexity index is 277. The van der Waals surface area contributed by atoms with Gasteiger partial charge >= 0.3 is 0 Å². The first kappa shape index (κ1) is 10.7. The van der Waals surface area contributed by atoms with Crippen LogP contribution in [0.25, 0.3) is 0 Å². The summed E-state index contributed by atoms with van der Waals surface area (Å²) in [4.78, 5) is 0. The number of rotatable bonds is 5. The minimum absolute atomic E-state index is 0.506. The molecule has 0 spiro atoms. The van der Waals surface area contributed by atoms with E-state index < -0.39 is 0 Å². The van der Waals surface area contributed by atoms with Gasteiger partial charge in [-0.25, -0.2) is 0 Å². The normalized spacial score (nSPS) is 20.9. The van der Waals surface area contributed by atoms with Crippen molar-refractivity contribution in [1.29, 1.82) is 0 Å². The number of hydrogen-bond donors (Lipinski definition) is 1. The van der Waals surface area contributed by atoms with Gasteiger partial charge in [0.2, 0.25) is 0 Å². The summed E-state index contributed by atoms with van der Waals surface area (Å²) >= 11 is 0. The molecule has 0 aliphatic heterocycles. The van der Waals surface area contributed by atoms with Gasteiger partial charge < -0.3 is 9.73 Å². The summed E-state index contributed by atoms with van der Waals surface area (Å²) in [6.45, 7) is 4.54. The molecule has 1 saturated carbocycles. The second kappa shape index (κ2) is 4.84. The molecular weight excluding hydrogens is 186 g/mol. The monoisotopic (exact) mass is 207 g/mol. The third kappa shape index (κ3) is 2.85. The average Bonchev–Trinajstić information content (AvgIpc) is 2.52. The van der Waals surface area contributed by atoms with E-state index in [2.05, 4.69) is 19.2 Å². The molecule has 1 aromatic rings. The van der Waals surface area contributed by atoms with Crippen LogP contribution in [-0.4, -0.2) is 12.1 Å². The van der Waals surface area contributed by atoms with Crippen LogP contribution >= 0.6 is 0 Å². The smallest absolute Gasteiger partial charge is 0.105 e. The highest BCUT2D eigenvalue weighted by atomic mass is 16.3. The molecule has 15 heavy (non-hydrogen) atoms. The lowest BCUT2D eigenvalue weighted by atomic mass is 9.80. The lowest BCUT2D eigenvalue weighted by Gasteiger charge is -2.33. The molecule has 0 amide bonds. The van der Waals surface area contributed by atoms with Gasteiger partial charge in [0.1, 0.15) is 5.76 Å². The molecule has 0 aromatic carbocycles. The molecule has 0 saturated heterocycles. The Morgan fingerprint density at radius 2 is 2.27 bits per heavy atom. The van der Waals surface area contributed by atoms with Crippen LogP contribution in [0.15, 0.2) is 22.8 Å². The van der Waals surface area contributed by atoms with E-state index in [1.165, 1.54) is 19.3 Å². The Kier molecular flexibility index (Phi) is 3.47. The first-order valence-corrected chi connectivity index (χ1v) is 6.04. The molecule has 1 aliphatic rings. The van der Waals surface area contributed by atoms with Crippen LogP contribution in [0.3, 0.4) is 0 Å². The molecule has 2 heteroatoms. The van der Waals surface area contributed by atoms with Crippen LogP contribution in [0, 0.1) is 5.92 Å². The highest BCUT2D eigenvalue weighted by Gasteiger charge is 2.24. The zero-order valence-electron chi connectivity index (χ0n) is 9.70. The SMILES string of the molecule is CC(Cc1ccco1)NC(C)C1CCC1. The zero-order valence-corrected chi connectivity index (χ0v) is 9.70. The summed E-state index contributed by atoms with van der Waals surface area (Å²) in [5.41, 5.74) is 0. The van der Waals surface area contributed by atoms with Crippen molar-refractivity contribution in [2.24, 2.45) is 5.92 Å². The van der Waals surface area contributed by atoms with Crippen molar-refractivity contribution in [2.45, 2.75) is 51.6 Å². The van der Waals surface area contributed by atoms with Gasteiger partial charge in [-0.15, -0.1) is 0 Å². The molecule has 0 radical (unpaired) electrons. The third-order valence-corrected chi connectivity index (χ3v) is 3.49. The van der Waals surface area contributed by atoms with Crippen LogP contribution in [0.1, 0.15) is 38.9 Å². The summed E-state index contributed by atoms with van der Waals surface area (Å²) in [5, 5.41) is 3.66. The fraction of sp³-hybridized carbons (Fsp3) is 0.692. The standard InChI is InChI=1S/C13H21NO/c1-10(9-13-7-4-8-15-13)14-11(2)12-5-3-6-12/h4,7-8,10-12,14H,3,5-6,9H2,1-2H3. The van der Waals surface area contributed by atoms with Crippen molar-refractivity contribution in [3.05, 3.63) is 24.2 Å². The van der Waals surface area contributed by atoms with Crippen molar-refractivity contribution in [3.63, 3.8) is 0 Å². The fourth-order valence-electron chi connectivity index (χ4n) is 2.31. The van der Waals surface area contributed by atoms with Gasteiger partial charge in [0.15, 0.2) is 0 Å². The molecule has 2 unspecified atom stereocenters. The van der Waals surface area contributed by atoms with E-state index in [4.69, 9.17) is 4.42 Å². The molecule has 84 valence electrons. The Hall–Kier alpha value is -0.760. The predicted molar refractivity (Wildman–Crippen MR) is 61.8 cm³/mol. The predicted octanol–water partition coefficient (Wildman–Crippen LogP) is 2.99. The van der Waals surface area contributed by atoms with E-state index >= 15 is 0 Å². The summed E-state index contributed by atoms with van der Waals surface area (Å²) in [6, 6.07) is 5.17. The topological polar surface area (TPSA) is 25.2 Å². The number of hydrogen-bond acceptors (Lipinski definition) is 2. The van der Waals surface area contributed by atoms with E-state index in [0.29, 0.717) is 12.1 Å². The Labute approximate surface area is 92.1 Å². The first-order valence-electron chi connectivity index (χ1n) is 6.04. The van der Waals surface area contributed by atoms with Crippen molar-refractivity contribution in [3.8, 4) is 0 Å². The van der Waals surface area contributed by atoms with Crippen molar-refractivity contribution in [1.82, 2.24) is 5.32 Å². The van der Waals surface area contributed by atoms with Crippen LogP contribution in [0.2, 0.25) is 0 Å². The third-order valence-electron chi connectivity index (χ3n) is 3.49.